The van der Waals surface area contributed by atoms with Gasteiger partial charge in [-0.25, -0.2) is 24.1 Å². The van der Waals surface area contributed by atoms with E-state index in [4.69, 9.17) is 0 Å². The molecular weight excluding hydrogens is 421 g/mol. The average Bonchev–Trinajstić information content (AvgIpc) is 2.76. The molecule has 9 heteroatoms. The van der Waals surface area contributed by atoms with Crippen molar-refractivity contribution in [2.24, 2.45) is 5.41 Å². The van der Waals surface area contributed by atoms with E-state index in [0.717, 1.165) is 12.0 Å². The zero-order valence-corrected chi connectivity index (χ0v) is 19.6. The maximum absolute atomic E-state index is 14.6. The number of aromatic nitrogens is 3. The summed E-state index contributed by atoms with van der Waals surface area (Å²) in [6, 6.07) is 8.00. The molecule has 0 fully saturated rings. The van der Waals surface area contributed by atoms with E-state index in [1.165, 1.54) is 12.4 Å². The molecule has 0 saturated carbocycles. The third-order valence-electron chi connectivity index (χ3n) is 4.98. The second-order valence-corrected chi connectivity index (χ2v) is 8.90. The van der Waals surface area contributed by atoms with Gasteiger partial charge in [-0.15, -0.1) is 0 Å². The number of anilines is 4. The molecule has 1 aromatic carbocycles. The van der Waals surface area contributed by atoms with Crippen LogP contribution in [0.25, 0.3) is 11.3 Å². The largest absolute Gasteiger partial charge is 0.373 e. The molecule has 0 aliphatic heterocycles. The van der Waals surface area contributed by atoms with Crippen LogP contribution in [0.4, 0.5) is 32.2 Å². The summed E-state index contributed by atoms with van der Waals surface area (Å²) in [5, 5.41) is 11.6. The monoisotopic (exact) mass is 451 g/mol. The number of hydrogen-bond acceptors (Lipinski definition) is 6. The van der Waals surface area contributed by atoms with E-state index < -0.39 is 11.8 Å². The van der Waals surface area contributed by atoms with Gasteiger partial charge in [-0.2, -0.15) is 0 Å². The van der Waals surface area contributed by atoms with Crippen LogP contribution in [0.3, 0.4) is 0 Å². The van der Waals surface area contributed by atoms with Crippen molar-refractivity contribution in [3.63, 3.8) is 0 Å². The number of benzene rings is 1. The fraction of sp³-hybridized carbons (Fsp3) is 0.333. The summed E-state index contributed by atoms with van der Waals surface area (Å²) in [5.41, 5.74) is 2.90. The van der Waals surface area contributed by atoms with Gasteiger partial charge >= 0.3 is 6.03 Å². The quantitative estimate of drug-likeness (QED) is 0.387. The zero-order chi connectivity index (χ0) is 24.0. The zero-order valence-electron chi connectivity index (χ0n) is 19.6. The Bertz CT molecular complexity index is 1130. The number of pyridine rings is 1. The second-order valence-electron chi connectivity index (χ2n) is 8.90. The third-order valence-corrected chi connectivity index (χ3v) is 4.98. The van der Waals surface area contributed by atoms with Crippen LogP contribution in [0, 0.1) is 18.2 Å². The Morgan fingerprint density at radius 3 is 2.61 bits per heavy atom. The normalized spacial score (nSPS) is 11.1. The van der Waals surface area contributed by atoms with Gasteiger partial charge in [0.05, 0.1) is 11.4 Å². The number of rotatable bonds is 7. The highest BCUT2D eigenvalue weighted by Gasteiger charge is 2.15. The molecule has 2 amide bonds. The lowest BCUT2D eigenvalue weighted by Crippen LogP contribution is -2.31. The van der Waals surface area contributed by atoms with E-state index >= 15 is 0 Å². The first kappa shape index (κ1) is 23.9. The predicted molar refractivity (Wildman–Crippen MR) is 130 cm³/mol. The summed E-state index contributed by atoms with van der Waals surface area (Å²) in [5.74, 6) is 0.713. The summed E-state index contributed by atoms with van der Waals surface area (Å²) >= 11 is 0. The van der Waals surface area contributed by atoms with Crippen molar-refractivity contribution in [3.05, 3.63) is 54.2 Å². The maximum atomic E-state index is 14.6. The van der Waals surface area contributed by atoms with Crippen LogP contribution in [0.1, 0.15) is 32.8 Å². The number of nitrogens with zero attached hydrogens (tertiary/aromatic N) is 3. The smallest absolute Gasteiger partial charge is 0.319 e. The van der Waals surface area contributed by atoms with E-state index in [2.05, 4.69) is 57.0 Å². The molecule has 0 saturated heterocycles. The first-order chi connectivity index (χ1) is 15.7. The van der Waals surface area contributed by atoms with Gasteiger partial charge in [-0.05, 0) is 48.6 Å². The molecule has 174 valence electrons. The minimum atomic E-state index is -0.514. The van der Waals surface area contributed by atoms with Crippen LogP contribution in [0.15, 0.2) is 42.9 Å². The second kappa shape index (κ2) is 10.2. The predicted octanol–water partition coefficient (Wildman–Crippen LogP) is 5.33. The number of hydrogen-bond donors (Lipinski definition) is 4. The molecule has 3 rings (SSSR count). The Kier molecular flexibility index (Phi) is 7.42. The summed E-state index contributed by atoms with van der Waals surface area (Å²) in [4.78, 5) is 25.2. The van der Waals surface area contributed by atoms with Crippen LogP contribution in [0.2, 0.25) is 0 Å². The minimum absolute atomic E-state index is 0.0772. The molecule has 4 N–H and O–H groups in total. The van der Waals surface area contributed by atoms with Crippen LogP contribution >= 0.6 is 0 Å². The molecule has 0 spiro atoms. The number of halogens is 1. The van der Waals surface area contributed by atoms with Gasteiger partial charge in [0.2, 0.25) is 0 Å². The minimum Gasteiger partial charge on any atom is -0.373 e. The highest BCUT2D eigenvalue weighted by atomic mass is 19.1. The summed E-state index contributed by atoms with van der Waals surface area (Å²) in [6.45, 7) is 8.56. The van der Waals surface area contributed by atoms with Gasteiger partial charge in [-0.1, -0.05) is 20.8 Å². The van der Waals surface area contributed by atoms with Crippen molar-refractivity contribution in [1.29, 1.82) is 0 Å². The van der Waals surface area contributed by atoms with Gasteiger partial charge in [0, 0.05) is 37.1 Å². The maximum Gasteiger partial charge on any atom is 0.319 e. The number of carbonyl (C=O) groups excluding carboxylic acids is 1. The molecule has 0 aliphatic carbocycles. The number of nitrogens with one attached hydrogen (secondary N) is 4. The summed E-state index contributed by atoms with van der Waals surface area (Å²) in [7, 11) is 1.78. The first-order valence-electron chi connectivity index (χ1n) is 10.7. The molecular formula is C24H30FN7O. The summed E-state index contributed by atoms with van der Waals surface area (Å²) < 4.78 is 14.6. The topological polar surface area (TPSA) is 104 Å². The van der Waals surface area contributed by atoms with E-state index in [9.17, 15) is 9.18 Å². The van der Waals surface area contributed by atoms with Crippen LogP contribution in [0.5, 0.6) is 0 Å². The Morgan fingerprint density at radius 1 is 1.09 bits per heavy atom. The Balaban J connectivity index is 1.82. The lowest BCUT2D eigenvalue weighted by molar-refractivity contribution is 0.250. The molecule has 0 unspecified atom stereocenters. The van der Waals surface area contributed by atoms with Crippen molar-refractivity contribution >= 4 is 29.0 Å². The van der Waals surface area contributed by atoms with Crippen molar-refractivity contribution in [2.75, 3.05) is 29.5 Å². The number of urea groups is 1. The van der Waals surface area contributed by atoms with Crippen LogP contribution in [-0.4, -0.2) is 34.6 Å². The van der Waals surface area contributed by atoms with Crippen molar-refractivity contribution in [3.8, 4) is 11.3 Å². The lowest BCUT2D eigenvalue weighted by atomic mass is 9.92. The Morgan fingerprint density at radius 2 is 1.88 bits per heavy atom. The molecule has 0 atom stereocenters. The van der Waals surface area contributed by atoms with Gasteiger partial charge in [-0.3, -0.25) is 0 Å². The lowest BCUT2D eigenvalue weighted by Gasteiger charge is -2.18. The molecule has 33 heavy (non-hydrogen) atoms. The molecule has 0 aliphatic rings. The fourth-order valence-electron chi connectivity index (χ4n) is 3.10. The molecule has 3 aromatic rings. The van der Waals surface area contributed by atoms with E-state index in [1.54, 1.807) is 26.2 Å². The van der Waals surface area contributed by atoms with Crippen molar-refractivity contribution in [2.45, 2.75) is 34.1 Å². The van der Waals surface area contributed by atoms with Gasteiger partial charge in [0.25, 0.3) is 0 Å². The number of carbonyl (C=O) groups is 1. The van der Waals surface area contributed by atoms with E-state index in [-0.39, 0.29) is 11.1 Å². The Hall–Kier alpha value is -3.75. The van der Waals surface area contributed by atoms with Gasteiger partial charge in [0.1, 0.15) is 23.8 Å². The Labute approximate surface area is 193 Å². The summed E-state index contributed by atoms with van der Waals surface area (Å²) in [6.07, 6.45) is 3.94. The average molecular weight is 452 g/mol. The fourth-order valence-corrected chi connectivity index (χ4v) is 3.10. The van der Waals surface area contributed by atoms with E-state index in [1.807, 2.05) is 18.2 Å². The van der Waals surface area contributed by atoms with Gasteiger partial charge < -0.3 is 21.3 Å². The van der Waals surface area contributed by atoms with Crippen molar-refractivity contribution in [1.82, 2.24) is 20.3 Å². The van der Waals surface area contributed by atoms with Crippen LogP contribution in [-0.2, 0) is 0 Å². The van der Waals surface area contributed by atoms with Crippen LogP contribution < -0.4 is 21.3 Å². The highest BCUT2D eigenvalue weighted by molar-refractivity contribution is 5.90. The SMILES string of the molecule is CNc1cc(-c2cccnc2Nc2cc(NC(=O)NCCC(C)(C)C)c(F)cc2C)ncn1. The van der Waals surface area contributed by atoms with Gasteiger partial charge in [0.15, 0.2) is 0 Å². The first-order valence-corrected chi connectivity index (χ1v) is 10.7. The molecule has 0 radical (unpaired) electrons. The molecule has 0 bridgehead atoms. The third kappa shape index (κ3) is 6.61. The number of amides is 2. The molecule has 8 nitrogen and oxygen atoms in total. The standard InChI is InChI=1S/C24H30FN7O/c1-15-11-17(25)20(32-23(33)28-10-8-24(2,3)4)12-18(15)31-22-16(7-6-9-27-22)19-13-21(26-5)30-14-29-19/h6-7,9,11-14H,8,10H2,1-5H3,(H,27,31)(H,26,29,30)(H2,28,32,33). The number of aryl methyl sites for hydroxylation is 1. The molecule has 2 heterocycles. The molecule has 2 aromatic heterocycles. The highest BCUT2D eigenvalue weighted by Crippen LogP contribution is 2.31. The van der Waals surface area contributed by atoms with E-state index in [0.29, 0.717) is 35.1 Å². The van der Waals surface area contributed by atoms with Crippen molar-refractivity contribution < 1.29 is 9.18 Å².